The molecule has 0 spiro atoms. The normalized spacial score (nSPS) is 51.9. The number of aliphatic hydroxyl groups is 2. The van der Waals surface area contributed by atoms with Crippen LogP contribution in [0.25, 0.3) is 0 Å². The van der Waals surface area contributed by atoms with Crippen LogP contribution in [0.4, 0.5) is 0 Å². The molecule has 4 aliphatic carbocycles. The third-order valence-corrected chi connectivity index (χ3v) is 10.8. The fourth-order valence-electron chi connectivity index (χ4n) is 9.01. The second kappa shape index (κ2) is 7.44. The number of allylic oxidation sites excluding steroid dienone is 1. The van der Waals surface area contributed by atoms with Crippen LogP contribution < -0.4 is 0 Å². The quantitative estimate of drug-likeness (QED) is 0.595. The molecule has 168 valence electrons. The van der Waals surface area contributed by atoms with Crippen LogP contribution in [0, 0.1) is 46.3 Å². The number of hydrogen-bond acceptors (Lipinski definition) is 3. The van der Waals surface area contributed by atoms with E-state index in [9.17, 15) is 10.2 Å². The van der Waals surface area contributed by atoms with E-state index in [0.717, 1.165) is 51.0 Å². The maximum atomic E-state index is 11.4. The van der Waals surface area contributed by atoms with E-state index < -0.39 is 0 Å². The van der Waals surface area contributed by atoms with Gasteiger partial charge >= 0.3 is 0 Å². The van der Waals surface area contributed by atoms with E-state index in [1.54, 1.807) is 5.57 Å². The lowest BCUT2D eigenvalue weighted by Crippen LogP contribution is -2.51. The zero-order valence-electron chi connectivity index (χ0n) is 19.6. The van der Waals surface area contributed by atoms with Gasteiger partial charge in [-0.25, -0.2) is 0 Å². The molecule has 3 heteroatoms. The lowest BCUT2D eigenvalue weighted by Gasteiger charge is -2.58. The van der Waals surface area contributed by atoms with Gasteiger partial charge in [0.25, 0.3) is 0 Å². The molecule has 5 aliphatic rings. The molecular formula is C27H43NO2. The van der Waals surface area contributed by atoms with Crippen molar-refractivity contribution in [3.05, 3.63) is 11.6 Å². The Kier molecular flexibility index (Phi) is 5.26. The molecule has 3 nitrogen and oxygen atoms in total. The van der Waals surface area contributed by atoms with Crippen molar-refractivity contribution in [1.29, 1.82) is 0 Å². The highest BCUT2D eigenvalue weighted by Crippen LogP contribution is 2.67. The number of aliphatic hydroxyl groups excluding tert-OH is 2. The highest BCUT2D eigenvalue weighted by atomic mass is 16.3. The average molecular weight is 414 g/mol. The largest absolute Gasteiger partial charge is 0.393 e. The molecular weight excluding hydrogens is 370 g/mol. The van der Waals surface area contributed by atoms with Crippen LogP contribution in [0.1, 0.15) is 85.5 Å². The van der Waals surface area contributed by atoms with E-state index in [2.05, 4.69) is 33.8 Å². The molecule has 1 heterocycles. The van der Waals surface area contributed by atoms with Crippen LogP contribution in [-0.2, 0) is 0 Å². The zero-order chi connectivity index (χ0) is 21.3. The van der Waals surface area contributed by atoms with Gasteiger partial charge in [-0.15, -0.1) is 0 Å². The van der Waals surface area contributed by atoms with Gasteiger partial charge in [0.2, 0.25) is 0 Å². The van der Waals surface area contributed by atoms with E-state index in [4.69, 9.17) is 4.99 Å². The number of fused-ring (bicyclic) bond motifs is 5. The summed E-state index contributed by atoms with van der Waals surface area (Å²) in [6.07, 6.45) is 12.3. The summed E-state index contributed by atoms with van der Waals surface area (Å²) in [6.45, 7) is 10.7. The summed E-state index contributed by atoms with van der Waals surface area (Å²) in [5, 5.41) is 21.6. The first-order valence-electron chi connectivity index (χ1n) is 12.8. The van der Waals surface area contributed by atoms with Gasteiger partial charge < -0.3 is 10.2 Å². The smallest absolute Gasteiger partial charge is 0.0582 e. The maximum Gasteiger partial charge on any atom is 0.0582 e. The Bertz CT molecular complexity index is 743. The minimum absolute atomic E-state index is 0.132. The lowest BCUT2D eigenvalue weighted by molar-refractivity contribution is -0.0564. The van der Waals surface area contributed by atoms with Gasteiger partial charge in [-0.2, -0.15) is 0 Å². The zero-order valence-corrected chi connectivity index (χ0v) is 19.6. The fraction of sp³-hybridized carbons (Fsp3) is 0.889. The Morgan fingerprint density at radius 2 is 1.90 bits per heavy atom. The van der Waals surface area contributed by atoms with Gasteiger partial charge in [-0.3, -0.25) is 4.99 Å². The monoisotopic (exact) mass is 413 g/mol. The van der Waals surface area contributed by atoms with Crippen LogP contribution in [0.15, 0.2) is 16.6 Å². The van der Waals surface area contributed by atoms with Crippen LogP contribution in [0.5, 0.6) is 0 Å². The van der Waals surface area contributed by atoms with Gasteiger partial charge in [0.1, 0.15) is 0 Å². The van der Waals surface area contributed by atoms with Gasteiger partial charge in [-0.1, -0.05) is 39.3 Å². The Balaban J connectivity index is 1.42. The van der Waals surface area contributed by atoms with E-state index >= 15 is 0 Å². The van der Waals surface area contributed by atoms with Crippen molar-refractivity contribution in [2.75, 3.05) is 6.54 Å². The molecule has 0 aromatic rings. The molecule has 5 rings (SSSR count). The number of nitrogens with zero attached hydrogens (tertiary/aromatic N) is 1. The van der Waals surface area contributed by atoms with E-state index in [1.807, 2.05) is 0 Å². The second-order valence-corrected chi connectivity index (χ2v) is 12.3. The summed E-state index contributed by atoms with van der Waals surface area (Å²) in [6, 6.07) is 0. The van der Waals surface area contributed by atoms with Crippen molar-refractivity contribution >= 4 is 5.71 Å². The van der Waals surface area contributed by atoms with Gasteiger partial charge in [0.15, 0.2) is 0 Å². The van der Waals surface area contributed by atoms with Crippen LogP contribution >= 0.6 is 0 Å². The molecule has 1 aliphatic heterocycles. The van der Waals surface area contributed by atoms with E-state index in [1.165, 1.54) is 25.0 Å². The minimum Gasteiger partial charge on any atom is -0.393 e. The molecule has 0 saturated heterocycles. The summed E-state index contributed by atoms with van der Waals surface area (Å²) < 4.78 is 0. The molecule has 0 bridgehead atoms. The second-order valence-electron chi connectivity index (χ2n) is 12.3. The Morgan fingerprint density at radius 3 is 2.63 bits per heavy atom. The summed E-state index contributed by atoms with van der Waals surface area (Å²) in [5.41, 5.74) is 3.45. The predicted octanol–water partition coefficient (Wildman–Crippen LogP) is 5.40. The molecule has 3 fully saturated rings. The van der Waals surface area contributed by atoms with E-state index in [-0.39, 0.29) is 23.0 Å². The molecule has 30 heavy (non-hydrogen) atoms. The maximum absolute atomic E-state index is 11.4. The number of rotatable bonds is 2. The third-order valence-electron chi connectivity index (χ3n) is 10.8. The van der Waals surface area contributed by atoms with Crippen LogP contribution in [0.3, 0.4) is 0 Å². The molecule has 0 aromatic heterocycles. The Labute approximate surface area is 183 Å². The van der Waals surface area contributed by atoms with Crippen molar-refractivity contribution in [2.45, 2.75) is 97.7 Å². The predicted molar refractivity (Wildman–Crippen MR) is 122 cm³/mol. The molecule has 0 amide bonds. The first kappa shape index (κ1) is 21.2. The molecule has 1 unspecified atom stereocenters. The van der Waals surface area contributed by atoms with Crippen molar-refractivity contribution in [2.24, 2.45) is 51.3 Å². The van der Waals surface area contributed by atoms with Gasteiger partial charge in [0.05, 0.1) is 12.2 Å². The summed E-state index contributed by atoms with van der Waals surface area (Å²) in [5.74, 6) is 3.55. The fourth-order valence-corrected chi connectivity index (χ4v) is 9.01. The van der Waals surface area contributed by atoms with Crippen LogP contribution in [0.2, 0.25) is 0 Å². The lowest BCUT2D eigenvalue weighted by atomic mass is 9.47. The summed E-state index contributed by atoms with van der Waals surface area (Å²) in [7, 11) is 0. The topological polar surface area (TPSA) is 52.8 Å². The van der Waals surface area contributed by atoms with Crippen molar-refractivity contribution in [3.8, 4) is 0 Å². The SMILES string of the molecule is CC1CCC([C@@H](C)[C@H]2[C@H](O)C[C@H]3[C@@H]4CC=C5C[C@@H](O)CC[C@]5(C)[C@H]4CC[C@]23C)=NC1. The number of hydrogen-bond donors (Lipinski definition) is 2. The molecule has 3 saturated carbocycles. The minimum atomic E-state index is -0.179. The standard InChI is InChI=1S/C27H43NO2/c1-16-5-8-23(28-15-16)17(2)25-24(30)14-22-20-7-6-18-13-19(29)9-11-26(18,3)21(20)10-12-27(22,25)4/h6,16-17,19-22,24-25,29-30H,5,7-15H2,1-4H3/t16?,17-,19+,20-,21+,22+,24-,25+,26+,27+/m1/s1. The van der Waals surface area contributed by atoms with Gasteiger partial charge in [-0.05, 0) is 104 Å². The summed E-state index contributed by atoms with van der Waals surface area (Å²) in [4.78, 5) is 4.98. The summed E-state index contributed by atoms with van der Waals surface area (Å²) >= 11 is 0. The Hall–Kier alpha value is -0.670. The van der Waals surface area contributed by atoms with Crippen molar-refractivity contribution in [3.63, 3.8) is 0 Å². The molecule has 0 aromatic carbocycles. The van der Waals surface area contributed by atoms with E-state index in [0.29, 0.717) is 29.6 Å². The molecule has 0 radical (unpaired) electrons. The third kappa shape index (κ3) is 3.09. The highest BCUT2D eigenvalue weighted by molar-refractivity contribution is 5.87. The number of aliphatic imine (C=N–C) groups is 1. The van der Waals surface area contributed by atoms with Crippen LogP contribution in [-0.4, -0.2) is 34.7 Å². The van der Waals surface area contributed by atoms with Crippen molar-refractivity contribution in [1.82, 2.24) is 0 Å². The molecule has 2 N–H and O–H groups in total. The molecule has 10 atom stereocenters. The van der Waals surface area contributed by atoms with Crippen molar-refractivity contribution < 1.29 is 10.2 Å². The highest BCUT2D eigenvalue weighted by Gasteiger charge is 2.62. The Morgan fingerprint density at radius 1 is 1.10 bits per heavy atom. The van der Waals surface area contributed by atoms with Gasteiger partial charge in [0, 0.05) is 12.3 Å². The average Bonchev–Trinajstić information content (AvgIpc) is 2.98. The first-order chi connectivity index (χ1) is 14.2. The first-order valence-corrected chi connectivity index (χ1v) is 12.8.